The van der Waals surface area contributed by atoms with Crippen molar-refractivity contribution < 1.29 is 13.2 Å². The fourth-order valence-electron chi connectivity index (χ4n) is 0.787. The maximum absolute atomic E-state index is 12.1. The molecule has 5 heteroatoms. The molecule has 0 aliphatic heterocycles. The molecule has 1 rings (SSSR count). The van der Waals surface area contributed by atoms with E-state index in [0.717, 1.165) is 11.3 Å². The van der Waals surface area contributed by atoms with Crippen LogP contribution in [0.15, 0.2) is 9.85 Å². The van der Waals surface area contributed by atoms with Crippen molar-refractivity contribution >= 4 is 27.3 Å². The van der Waals surface area contributed by atoms with E-state index in [4.69, 9.17) is 0 Å². The molecule has 0 saturated heterocycles. The van der Waals surface area contributed by atoms with Gasteiger partial charge in [0.25, 0.3) is 0 Å². The number of aryl methyl sites for hydroxylation is 1. The number of hydrogen-bond acceptors (Lipinski definition) is 1. The Morgan fingerprint density at radius 3 is 2.33 bits per heavy atom. The topological polar surface area (TPSA) is 0 Å². The van der Waals surface area contributed by atoms with E-state index < -0.39 is 11.1 Å². The maximum Gasteiger partial charge on any atom is 0.425 e. The number of rotatable bonds is 1. The Morgan fingerprint density at radius 1 is 1.50 bits per heavy atom. The first-order chi connectivity index (χ1) is 5.45. The van der Waals surface area contributed by atoms with Crippen LogP contribution >= 0.6 is 27.3 Å². The summed E-state index contributed by atoms with van der Waals surface area (Å²) >= 11 is 3.83. The molecule has 0 fully saturated rings. The van der Waals surface area contributed by atoms with Gasteiger partial charge < -0.3 is 0 Å². The van der Waals surface area contributed by atoms with Gasteiger partial charge in [0.2, 0.25) is 0 Å². The molecule has 0 unspecified atom stereocenters. The van der Waals surface area contributed by atoms with Gasteiger partial charge >= 0.3 is 6.18 Å². The van der Waals surface area contributed by atoms with Crippen LogP contribution < -0.4 is 0 Å². The van der Waals surface area contributed by atoms with Crippen LogP contribution in [-0.4, -0.2) is 0 Å². The largest absolute Gasteiger partial charge is 0.425 e. The van der Waals surface area contributed by atoms with Crippen molar-refractivity contribution in [1.29, 1.82) is 0 Å². The molecule has 1 aromatic heterocycles. The van der Waals surface area contributed by atoms with E-state index >= 15 is 0 Å². The molecule has 0 radical (unpaired) electrons. The van der Waals surface area contributed by atoms with Crippen LogP contribution in [0.3, 0.4) is 0 Å². The fraction of sp³-hybridized carbons (Fsp3) is 0.429. The normalized spacial score (nSPS) is 12.1. The first-order valence-corrected chi connectivity index (χ1v) is 4.91. The monoisotopic (exact) mass is 258 g/mol. The van der Waals surface area contributed by atoms with Gasteiger partial charge in [-0.1, -0.05) is 6.92 Å². The first kappa shape index (κ1) is 10.1. The lowest BCUT2D eigenvalue weighted by Crippen LogP contribution is -2.00. The van der Waals surface area contributed by atoms with E-state index in [-0.39, 0.29) is 0 Å². The Hall–Kier alpha value is -0.0300. The molecule has 0 atom stereocenters. The zero-order valence-corrected chi connectivity index (χ0v) is 8.61. The standard InChI is InChI=1S/C7H6BrF3S/c1-2-4-3-5(7(9,10)11)12-6(4)8/h3H,2H2,1H3. The van der Waals surface area contributed by atoms with Gasteiger partial charge in [-0.25, -0.2) is 0 Å². The molecule has 1 heterocycles. The van der Waals surface area contributed by atoms with Gasteiger partial charge in [0.05, 0.1) is 3.79 Å². The molecule has 0 aliphatic rings. The van der Waals surface area contributed by atoms with Gasteiger partial charge in [-0.15, -0.1) is 11.3 Å². The van der Waals surface area contributed by atoms with E-state index in [0.29, 0.717) is 15.8 Å². The maximum atomic E-state index is 12.1. The van der Waals surface area contributed by atoms with Gasteiger partial charge in [-0.05, 0) is 34.0 Å². The van der Waals surface area contributed by atoms with Crippen LogP contribution in [0.5, 0.6) is 0 Å². The minimum absolute atomic E-state index is 0.536. The highest BCUT2D eigenvalue weighted by Gasteiger charge is 2.33. The Kier molecular flexibility index (Phi) is 2.83. The molecule has 0 nitrogen and oxygen atoms in total. The highest BCUT2D eigenvalue weighted by molar-refractivity contribution is 9.11. The minimum Gasteiger partial charge on any atom is -0.165 e. The van der Waals surface area contributed by atoms with Gasteiger partial charge in [0.15, 0.2) is 0 Å². The minimum atomic E-state index is -4.21. The average Bonchev–Trinajstić information content (AvgIpc) is 2.29. The SMILES string of the molecule is CCc1cc(C(F)(F)F)sc1Br. The number of alkyl halides is 3. The zero-order chi connectivity index (χ0) is 9.35. The van der Waals surface area contributed by atoms with Crippen molar-refractivity contribution in [2.24, 2.45) is 0 Å². The molecule has 0 N–H and O–H groups in total. The lowest BCUT2D eigenvalue weighted by atomic mass is 10.2. The van der Waals surface area contributed by atoms with Crippen molar-refractivity contribution in [3.63, 3.8) is 0 Å². The van der Waals surface area contributed by atoms with Crippen LogP contribution in [0, 0.1) is 0 Å². The fourth-order valence-corrected chi connectivity index (χ4v) is 2.55. The van der Waals surface area contributed by atoms with E-state index in [1.807, 2.05) is 6.92 Å². The van der Waals surface area contributed by atoms with E-state index in [2.05, 4.69) is 15.9 Å². The van der Waals surface area contributed by atoms with Crippen LogP contribution in [0.1, 0.15) is 17.4 Å². The quantitative estimate of drug-likeness (QED) is 0.712. The summed E-state index contributed by atoms with van der Waals surface area (Å²) in [5, 5.41) is 0. The van der Waals surface area contributed by atoms with Gasteiger partial charge in [-0.3, -0.25) is 0 Å². The van der Waals surface area contributed by atoms with Crippen LogP contribution in [0.2, 0.25) is 0 Å². The lowest BCUT2D eigenvalue weighted by Gasteiger charge is -1.99. The first-order valence-electron chi connectivity index (χ1n) is 3.30. The van der Waals surface area contributed by atoms with Gasteiger partial charge in [-0.2, -0.15) is 13.2 Å². The summed E-state index contributed by atoms with van der Waals surface area (Å²) in [6.07, 6.45) is -3.59. The smallest absolute Gasteiger partial charge is 0.165 e. The highest BCUT2D eigenvalue weighted by Crippen LogP contribution is 2.39. The summed E-state index contributed by atoms with van der Waals surface area (Å²) in [4.78, 5) is -0.536. The van der Waals surface area contributed by atoms with Crippen molar-refractivity contribution in [3.05, 3.63) is 20.3 Å². The number of halogens is 4. The summed E-state index contributed by atoms with van der Waals surface area (Å²) in [5.41, 5.74) is 0.715. The van der Waals surface area contributed by atoms with E-state index in [1.165, 1.54) is 6.07 Å². The second-order valence-electron chi connectivity index (χ2n) is 2.26. The summed E-state index contributed by atoms with van der Waals surface area (Å²) in [6.45, 7) is 1.83. The summed E-state index contributed by atoms with van der Waals surface area (Å²) in [6, 6.07) is 1.19. The molecule has 0 bridgehead atoms. The van der Waals surface area contributed by atoms with E-state index in [9.17, 15) is 13.2 Å². The van der Waals surface area contributed by atoms with Crippen molar-refractivity contribution in [2.45, 2.75) is 19.5 Å². The predicted molar refractivity (Wildman–Crippen MR) is 46.4 cm³/mol. The molecule has 68 valence electrons. The Morgan fingerprint density at radius 2 is 2.08 bits per heavy atom. The second-order valence-corrected chi connectivity index (χ2v) is 4.63. The zero-order valence-electron chi connectivity index (χ0n) is 6.20. The second kappa shape index (κ2) is 3.38. The molecule has 0 amide bonds. The molecule has 1 aromatic rings. The molecule has 12 heavy (non-hydrogen) atoms. The Bertz CT molecular complexity index is 277. The van der Waals surface area contributed by atoms with Crippen LogP contribution in [0.4, 0.5) is 13.2 Å². The van der Waals surface area contributed by atoms with Gasteiger partial charge in [0.1, 0.15) is 4.88 Å². The van der Waals surface area contributed by atoms with Crippen LogP contribution in [0.25, 0.3) is 0 Å². The summed E-state index contributed by atoms with van der Waals surface area (Å²) < 4.78 is 36.9. The van der Waals surface area contributed by atoms with Crippen LogP contribution in [-0.2, 0) is 12.6 Å². The summed E-state index contributed by atoms with van der Waals surface area (Å²) in [5.74, 6) is 0. The van der Waals surface area contributed by atoms with Crippen molar-refractivity contribution in [1.82, 2.24) is 0 Å². The number of hydrogen-bond donors (Lipinski definition) is 0. The lowest BCUT2D eigenvalue weighted by molar-refractivity contribution is -0.134. The third kappa shape index (κ3) is 2.01. The highest BCUT2D eigenvalue weighted by atomic mass is 79.9. The molecule has 0 aliphatic carbocycles. The Labute approximate surface area is 80.5 Å². The summed E-state index contributed by atoms with van der Waals surface area (Å²) in [7, 11) is 0. The van der Waals surface area contributed by atoms with Crippen molar-refractivity contribution in [2.75, 3.05) is 0 Å². The van der Waals surface area contributed by atoms with Crippen molar-refractivity contribution in [3.8, 4) is 0 Å². The third-order valence-corrected chi connectivity index (χ3v) is 3.42. The predicted octanol–water partition coefficient (Wildman–Crippen LogP) is 4.09. The Balaban J connectivity index is 3.05. The molecular formula is C7H6BrF3S. The molecular weight excluding hydrogens is 253 g/mol. The van der Waals surface area contributed by atoms with Gasteiger partial charge in [0, 0.05) is 0 Å². The number of thiophene rings is 1. The molecule has 0 saturated carbocycles. The van der Waals surface area contributed by atoms with E-state index in [1.54, 1.807) is 0 Å². The molecule has 0 aromatic carbocycles. The third-order valence-electron chi connectivity index (χ3n) is 1.42. The molecule has 0 spiro atoms. The average molecular weight is 259 g/mol.